The predicted molar refractivity (Wildman–Crippen MR) is 96.2 cm³/mol. The van der Waals surface area contributed by atoms with E-state index in [0.29, 0.717) is 12.0 Å². The van der Waals surface area contributed by atoms with Crippen LogP contribution in [0.2, 0.25) is 0 Å². The molecular weight excluding hydrogens is 310 g/mol. The number of piperidine rings is 1. The molecule has 3 heterocycles. The van der Waals surface area contributed by atoms with Crippen LogP contribution in [0.4, 0.5) is 0 Å². The van der Waals surface area contributed by atoms with E-state index in [2.05, 4.69) is 17.1 Å². The van der Waals surface area contributed by atoms with Crippen LogP contribution in [0.3, 0.4) is 0 Å². The third-order valence-electron chi connectivity index (χ3n) is 5.31. The number of nitrogens with zero attached hydrogens (tertiary/aromatic N) is 2. The molecule has 0 aromatic carbocycles. The Morgan fingerprint density at radius 1 is 1.35 bits per heavy atom. The van der Waals surface area contributed by atoms with Crippen molar-refractivity contribution in [3.63, 3.8) is 0 Å². The first-order valence-electron chi connectivity index (χ1n) is 9.06. The van der Waals surface area contributed by atoms with Crippen molar-refractivity contribution in [3.05, 3.63) is 0 Å². The van der Waals surface area contributed by atoms with Gasteiger partial charge in [0, 0.05) is 37.4 Å². The molecule has 2 N–H and O–H groups in total. The van der Waals surface area contributed by atoms with Gasteiger partial charge in [-0.1, -0.05) is 0 Å². The first-order valence-corrected chi connectivity index (χ1v) is 10.2. The highest BCUT2D eigenvalue weighted by Gasteiger charge is 2.38. The molecule has 23 heavy (non-hydrogen) atoms. The van der Waals surface area contributed by atoms with Crippen molar-refractivity contribution < 1.29 is 9.84 Å². The van der Waals surface area contributed by atoms with Gasteiger partial charge in [-0.2, -0.15) is 11.8 Å². The van der Waals surface area contributed by atoms with Crippen LogP contribution in [0.5, 0.6) is 0 Å². The molecule has 0 aliphatic carbocycles. The lowest BCUT2D eigenvalue weighted by Gasteiger charge is -2.45. The standard InChI is InChI=1S/C17H31N3O2S/c1-2-18-15(19-11-17(21)7-10-23-14-17)20-8-3-5-16(12-20)6-4-9-22-13-16/h21H,2-14H2,1H3,(H,18,19). The van der Waals surface area contributed by atoms with Crippen LogP contribution in [0.1, 0.15) is 39.0 Å². The summed E-state index contributed by atoms with van der Waals surface area (Å²) in [4.78, 5) is 7.19. The Hall–Kier alpha value is -0.460. The summed E-state index contributed by atoms with van der Waals surface area (Å²) < 4.78 is 5.78. The lowest BCUT2D eigenvalue weighted by atomic mass is 9.76. The SMILES string of the molecule is CCNC(=NCC1(O)CCSC1)N1CCCC2(CCCOC2)C1. The predicted octanol–water partition coefficient (Wildman–Crippen LogP) is 1.71. The van der Waals surface area contributed by atoms with E-state index in [1.165, 1.54) is 25.7 Å². The van der Waals surface area contributed by atoms with Crippen LogP contribution in [-0.4, -0.2) is 72.5 Å². The van der Waals surface area contributed by atoms with Gasteiger partial charge in [0.1, 0.15) is 0 Å². The molecule has 132 valence electrons. The van der Waals surface area contributed by atoms with Crippen molar-refractivity contribution in [1.82, 2.24) is 10.2 Å². The maximum atomic E-state index is 10.6. The molecule has 0 bridgehead atoms. The van der Waals surface area contributed by atoms with E-state index in [4.69, 9.17) is 9.73 Å². The van der Waals surface area contributed by atoms with E-state index < -0.39 is 5.60 Å². The maximum Gasteiger partial charge on any atom is 0.194 e. The van der Waals surface area contributed by atoms with E-state index in [1.54, 1.807) is 0 Å². The van der Waals surface area contributed by atoms with Gasteiger partial charge in [-0.25, -0.2) is 0 Å². The number of hydrogen-bond acceptors (Lipinski definition) is 4. The number of nitrogens with one attached hydrogen (secondary N) is 1. The molecule has 0 saturated carbocycles. The summed E-state index contributed by atoms with van der Waals surface area (Å²) in [5.74, 6) is 2.84. The molecule has 3 saturated heterocycles. The molecule has 2 atom stereocenters. The number of aliphatic hydroxyl groups is 1. The summed E-state index contributed by atoms with van der Waals surface area (Å²) in [6.45, 7) is 7.39. The Morgan fingerprint density at radius 2 is 2.22 bits per heavy atom. The monoisotopic (exact) mass is 341 g/mol. The largest absolute Gasteiger partial charge is 0.387 e. The molecule has 2 unspecified atom stereocenters. The highest BCUT2D eigenvalue weighted by molar-refractivity contribution is 7.99. The van der Waals surface area contributed by atoms with Gasteiger partial charge < -0.3 is 20.1 Å². The first-order chi connectivity index (χ1) is 11.1. The molecular formula is C17H31N3O2S. The third kappa shape index (κ3) is 4.34. The van der Waals surface area contributed by atoms with E-state index in [1.807, 2.05) is 11.8 Å². The molecule has 0 aromatic heterocycles. The van der Waals surface area contributed by atoms with Crippen LogP contribution in [-0.2, 0) is 4.74 Å². The summed E-state index contributed by atoms with van der Waals surface area (Å²) in [5, 5.41) is 14.0. The van der Waals surface area contributed by atoms with Gasteiger partial charge in [0.05, 0.1) is 18.8 Å². The van der Waals surface area contributed by atoms with E-state index in [0.717, 1.165) is 56.7 Å². The molecule has 0 aromatic rings. The average molecular weight is 342 g/mol. The zero-order chi connectivity index (χ0) is 16.2. The van der Waals surface area contributed by atoms with Crippen LogP contribution >= 0.6 is 11.8 Å². The van der Waals surface area contributed by atoms with Crippen molar-refractivity contribution in [2.75, 3.05) is 50.9 Å². The van der Waals surface area contributed by atoms with Gasteiger partial charge in [0.25, 0.3) is 0 Å². The Labute approximate surface area is 144 Å². The number of rotatable bonds is 3. The minimum Gasteiger partial charge on any atom is -0.387 e. The van der Waals surface area contributed by atoms with Crippen molar-refractivity contribution in [2.24, 2.45) is 10.4 Å². The molecule has 6 heteroatoms. The maximum absolute atomic E-state index is 10.6. The van der Waals surface area contributed by atoms with Gasteiger partial charge in [-0.3, -0.25) is 4.99 Å². The second kappa shape index (κ2) is 7.62. The summed E-state index contributed by atoms with van der Waals surface area (Å²) in [7, 11) is 0. The number of ether oxygens (including phenoxy) is 1. The Balaban J connectivity index is 1.66. The second-order valence-corrected chi connectivity index (χ2v) is 8.48. The van der Waals surface area contributed by atoms with Gasteiger partial charge in [0.2, 0.25) is 0 Å². The topological polar surface area (TPSA) is 57.1 Å². The smallest absolute Gasteiger partial charge is 0.194 e. The Bertz CT molecular complexity index is 413. The van der Waals surface area contributed by atoms with Crippen LogP contribution in [0, 0.1) is 5.41 Å². The van der Waals surface area contributed by atoms with Gasteiger partial charge in [0.15, 0.2) is 5.96 Å². The molecule has 3 rings (SSSR count). The normalized spacial score (nSPS) is 35.7. The first kappa shape index (κ1) is 17.4. The lowest BCUT2D eigenvalue weighted by Crippen LogP contribution is -2.53. The van der Waals surface area contributed by atoms with Crippen molar-refractivity contribution in [1.29, 1.82) is 0 Å². The van der Waals surface area contributed by atoms with Crippen LogP contribution in [0.15, 0.2) is 4.99 Å². The molecule has 5 nitrogen and oxygen atoms in total. The highest BCUT2D eigenvalue weighted by atomic mass is 32.2. The molecule has 1 spiro atoms. The Kier molecular flexibility index (Phi) is 5.75. The molecule has 3 fully saturated rings. The third-order valence-corrected chi connectivity index (χ3v) is 6.54. The van der Waals surface area contributed by atoms with Crippen LogP contribution < -0.4 is 5.32 Å². The molecule has 0 amide bonds. The van der Waals surface area contributed by atoms with Crippen molar-refractivity contribution in [2.45, 2.75) is 44.6 Å². The number of aliphatic imine (C=N–C) groups is 1. The Morgan fingerprint density at radius 3 is 2.91 bits per heavy atom. The highest BCUT2D eigenvalue weighted by Crippen LogP contribution is 2.37. The fraction of sp³-hybridized carbons (Fsp3) is 0.941. The quantitative estimate of drug-likeness (QED) is 0.605. The molecule has 0 radical (unpaired) electrons. The summed E-state index contributed by atoms with van der Waals surface area (Å²) in [6, 6.07) is 0. The minimum atomic E-state index is -0.604. The zero-order valence-corrected chi connectivity index (χ0v) is 15.2. The lowest BCUT2D eigenvalue weighted by molar-refractivity contribution is -0.0371. The van der Waals surface area contributed by atoms with E-state index in [-0.39, 0.29) is 0 Å². The van der Waals surface area contributed by atoms with Gasteiger partial charge in [-0.15, -0.1) is 0 Å². The fourth-order valence-electron chi connectivity index (χ4n) is 3.99. The zero-order valence-electron chi connectivity index (χ0n) is 14.4. The van der Waals surface area contributed by atoms with E-state index in [9.17, 15) is 5.11 Å². The summed E-state index contributed by atoms with van der Waals surface area (Å²) in [6.07, 6.45) is 5.78. The van der Waals surface area contributed by atoms with Crippen molar-refractivity contribution >= 4 is 17.7 Å². The second-order valence-electron chi connectivity index (χ2n) is 7.38. The number of thioether (sulfide) groups is 1. The number of likely N-dealkylation sites (tertiary alicyclic amines) is 1. The fourth-order valence-corrected chi connectivity index (χ4v) is 5.27. The number of guanidine groups is 1. The van der Waals surface area contributed by atoms with Crippen molar-refractivity contribution in [3.8, 4) is 0 Å². The molecule has 3 aliphatic rings. The van der Waals surface area contributed by atoms with Crippen LogP contribution in [0.25, 0.3) is 0 Å². The molecule has 3 aliphatic heterocycles. The van der Waals surface area contributed by atoms with Gasteiger partial charge >= 0.3 is 0 Å². The summed E-state index contributed by atoms with van der Waals surface area (Å²) >= 11 is 1.83. The summed E-state index contributed by atoms with van der Waals surface area (Å²) in [5.41, 5.74) is -0.292. The minimum absolute atomic E-state index is 0.312. The van der Waals surface area contributed by atoms with Gasteiger partial charge in [-0.05, 0) is 44.8 Å². The van der Waals surface area contributed by atoms with E-state index >= 15 is 0 Å². The number of hydrogen-bond donors (Lipinski definition) is 2. The average Bonchev–Trinajstić information content (AvgIpc) is 2.99.